The van der Waals surface area contributed by atoms with Gasteiger partial charge < -0.3 is 11.1 Å². The van der Waals surface area contributed by atoms with Crippen molar-refractivity contribution in [3.63, 3.8) is 0 Å². The summed E-state index contributed by atoms with van der Waals surface area (Å²) in [6.07, 6.45) is 1.02. The van der Waals surface area contributed by atoms with E-state index in [1.54, 1.807) is 0 Å². The third-order valence-corrected chi connectivity index (χ3v) is 2.72. The smallest absolute Gasteiger partial charge is 0.329 e. The highest BCUT2D eigenvalue weighted by Gasteiger charge is 2.16. The molecule has 0 amide bonds. The van der Waals surface area contributed by atoms with Gasteiger partial charge >= 0.3 is 5.69 Å². The van der Waals surface area contributed by atoms with Gasteiger partial charge in [-0.1, -0.05) is 17.7 Å². The third kappa shape index (κ3) is 3.09. The molecule has 1 aromatic heterocycles. The average Bonchev–Trinajstić information content (AvgIpc) is 2.40. The van der Waals surface area contributed by atoms with Crippen LogP contribution in [0.5, 0.6) is 0 Å². The maximum absolute atomic E-state index is 13.0. The summed E-state index contributed by atoms with van der Waals surface area (Å²) < 4.78 is 13.0. The van der Waals surface area contributed by atoms with E-state index in [1.165, 1.54) is 18.2 Å². The van der Waals surface area contributed by atoms with Crippen LogP contribution in [-0.4, -0.2) is 14.9 Å². The minimum atomic E-state index is -0.626. The zero-order valence-corrected chi connectivity index (χ0v) is 10.8. The zero-order valence-electron chi connectivity index (χ0n) is 10.0. The summed E-state index contributed by atoms with van der Waals surface area (Å²) >= 11 is 5.65. The molecule has 9 heteroatoms. The Morgan fingerprint density at radius 3 is 2.90 bits per heavy atom. The molecule has 1 heterocycles. The molecule has 0 radical (unpaired) electrons. The molecule has 2 rings (SSSR count). The van der Waals surface area contributed by atoms with Crippen LogP contribution >= 0.6 is 11.6 Å². The number of nitrogens with two attached hydrogens (primary N) is 1. The number of hydrogen-bond acceptors (Lipinski definition) is 6. The number of halogens is 2. The Labute approximate surface area is 117 Å². The van der Waals surface area contributed by atoms with Gasteiger partial charge in [-0.2, -0.15) is 4.98 Å². The molecular formula is C11H9ClFN5O2. The molecule has 0 unspecified atom stereocenters. The van der Waals surface area contributed by atoms with Crippen LogP contribution in [0.1, 0.15) is 5.56 Å². The lowest BCUT2D eigenvalue weighted by Crippen LogP contribution is -2.07. The van der Waals surface area contributed by atoms with Crippen molar-refractivity contribution < 1.29 is 9.31 Å². The Morgan fingerprint density at radius 1 is 1.50 bits per heavy atom. The Morgan fingerprint density at radius 2 is 2.25 bits per heavy atom. The fraction of sp³-hybridized carbons (Fsp3) is 0.0909. The summed E-state index contributed by atoms with van der Waals surface area (Å²) in [5.41, 5.74) is 5.73. The first-order valence-corrected chi connectivity index (χ1v) is 5.80. The van der Waals surface area contributed by atoms with E-state index in [9.17, 15) is 14.5 Å². The number of aromatic nitrogens is 2. The number of rotatable bonds is 4. The van der Waals surface area contributed by atoms with Crippen molar-refractivity contribution in [3.8, 4) is 0 Å². The van der Waals surface area contributed by atoms with Crippen LogP contribution in [0.4, 0.5) is 21.8 Å². The normalized spacial score (nSPS) is 10.3. The molecule has 104 valence electrons. The second kappa shape index (κ2) is 5.66. The summed E-state index contributed by atoms with van der Waals surface area (Å²) in [5.74, 6) is -0.633. The summed E-state index contributed by atoms with van der Waals surface area (Å²) in [4.78, 5) is 17.5. The number of hydrogen-bond donors (Lipinski definition) is 2. The predicted molar refractivity (Wildman–Crippen MR) is 71.8 cm³/mol. The van der Waals surface area contributed by atoms with Gasteiger partial charge in [-0.15, -0.1) is 0 Å². The Hall–Kier alpha value is -2.48. The monoisotopic (exact) mass is 297 g/mol. The SMILES string of the molecule is Nc1ncc([N+](=O)[O-])c(NCc2ccc(F)c(Cl)c2)n1. The number of benzene rings is 1. The van der Waals surface area contributed by atoms with E-state index in [0.717, 1.165) is 6.20 Å². The highest BCUT2D eigenvalue weighted by atomic mass is 35.5. The second-order valence-corrected chi connectivity index (χ2v) is 4.23. The minimum absolute atomic E-state index is 0.0112. The molecule has 0 atom stereocenters. The Kier molecular flexibility index (Phi) is 3.94. The molecule has 20 heavy (non-hydrogen) atoms. The van der Waals surface area contributed by atoms with Crippen molar-refractivity contribution in [1.82, 2.24) is 9.97 Å². The van der Waals surface area contributed by atoms with Crippen LogP contribution in [0.2, 0.25) is 5.02 Å². The number of nitrogen functional groups attached to an aromatic ring is 1. The topological polar surface area (TPSA) is 107 Å². The summed E-state index contributed by atoms with van der Waals surface area (Å²) in [6, 6.07) is 4.13. The summed E-state index contributed by atoms with van der Waals surface area (Å²) in [7, 11) is 0. The molecule has 0 saturated heterocycles. The largest absolute Gasteiger partial charge is 0.368 e. The number of nitrogens with one attached hydrogen (secondary N) is 1. The maximum Gasteiger partial charge on any atom is 0.329 e. The van der Waals surface area contributed by atoms with E-state index in [-0.39, 0.29) is 29.0 Å². The van der Waals surface area contributed by atoms with Crippen molar-refractivity contribution in [1.29, 1.82) is 0 Å². The number of anilines is 2. The summed E-state index contributed by atoms with van der Waals surface area (Å²) in [6.45, 7) is 0.178. The van der Waals surface area contributed by atoms with Crippen LogP contribution < -0.4 is 11.1 Å². The van der Waals surface area contributed by atoms with E-state index in [4.69, 9.17) is 17.3 Å². The van der Waals surface area contributed by atoms with Crippen LogP contribution in [-0.2, 0) is 6.54 Å². The standard InChI is InChI=1S/C11H9ClFN5O2/c12-7-3-6(1-2-8(7)13)4-15-10-9(18(19)20)5-16-11(14)17-10/h1-3,5H,4H2,(H3,14,15,16,17). The van der Waals surface area contributed by atoms with Gasteiger partial charge in [0.15, 0.2) is 0 Å². The molecule has 0 aliphatic carbocycles. The van der Waals surface area contributed by atoms with Gasteiger partial charge in [0.1, 0.15) is 12.0 Å². The first-order chi connectivity index (χ1) is 9.47. The summed E-state index contributed by atoms with van der Waals surface area (Å²) in [5, 5.41) is 13.5. The van der Waals surface area contributed by atoms with Crippen LogP contribution in [0.3, 0.4) is 0 Å². The minimum Gasteiger partial charge on any atom is -0.368 e. The average molecular weight is 298 g/mol. The first-order valence-electron chi connectivity index (χ1n) is 5.42. The number of nitrogens with zero attached hydrogens (tertiary/aromatic N) is 3. The quantitative estimate of drug-likeness (QED) is 0.662. The zero-order chi connectivity index (χ0) is 14.7. The fourth-order valence-electron chi connectivity index (χ4n) is 1.49. The molecule has 0 bridgehead atoms. The lowest BCUT2D eigenvalue weighted by molar-refractivity contribution is -0.384. The van der Waals surface area contributed by atoms with Crippen molar-refractivity contribution in [3.05, 3.63) is 50.9 Å². The molecule has 0 fully saturated rings. The van der Waals surface area contributed by atoms with Gasteiger partial charge in [0.05, 0.1) is 9.95 Å². The van der Waals surface area contributed by atoms with Crippen molar-refractivity contribution >= 4 is 29.1 Å². The molecular weight excluding hydrogens is 289 g/mol. The van der Waals surface area contributed by atoms with Crippen LogP contribution in [0.15, 0.2) is 24.4 Å². The molecule has 0 aliphatic rings. The lowest BCUT2D eigenvalue weighted by atomic mass is 10.2. The lowest BCUT2D eigenvalue weighted by Gasteiger charge is -2.07. The van der Waals surface area contributed by atoms with Gasteiger partial charge in [-0.25, -0.2) is 9.37 Å². The molecule has 2 aromatic rings. The highest BCUT2D eigenvalue weighted by Crippen LogP contribution is 2.22. The first kappa shape index (κ1) is 13.9. The van der Waals surface area contributed by atoms with Crippen LogP contribution in [0, 0.1) is 15.9 Å². The van der Waals surface area contributed by atoms with Gasteiger partial charge in [0.25, 0.3) is 0 Å². The molecule has 0 saturated carbocycles. The van der Waals surface area contributed by atoms with E-state index in [2.05, 4.69) is 15.3 Å². The van der Waals surface area contributed by atoms with Gasteiger partial charge in [0, 0.05) is 6.54 Å². The predicted octanol–water partition coefficient (Wildman–Crippen LogP) is 2.37. The van der Waals surface area contributed by atoms with E-state index >= 15 is 0 Å². The van der Waals surface area contributed by atoms with Gasteiger partial charge in [0.2, 0.25) is 11.8 Å². The van der Waals surface area contributed by atoms with Crippen molar-refractivity contribution in [2.45, 2.75) is 6.54 Å². The second-order valence-electron chi connectivity index (χ2n) is 3.82. The molecule has 0 spiro atoms. The molecule has 0 aliphatic heterocycles. The van der Waals surface area contributed by atoms with Gasteiger partial charge in [-0.3, -0.25) is 10.1 Å². The molecule has 1 aromatic carbocycles. The van der Waals surface area contributed by atoms with E-state index < -0.39 is 10.7 Å². The van der Waals surface area contributed by atoms with E-state index in [0.29, 0.717) is 5.56 Å². The fourth-order valence-corrected chi connectivity index (χ4v) is 1.69. The maximum atomic E-state index is 13.0. The molecule has 7 nitrogen and oxygen atoms in total. The Bertz CT molecular complexity index is 667. The van der Waals surface area contributed by atoms with Crippen LogP contribution in [0.25, 0.3) is 0 Å². The Balaban J connectivity index is 2.20. The van der Waals surface area contributed by atoms with Crippen molar-refractivity contribution in [2.24, 2.45) is 0 Å². The van der Waals surface area contributed by atoms with Gasteiger partial charge in [-0.05, 0) is 17.7 Å². The number of nitro groups is 1. The highest BCUT2D eigenvalue weighted by molar-refractivity contribution is 6.30. The van der Waals surface area contributed by atoms with E-state index in [1.807, 2.05) is 0 Å². The molecule has 3 N–H and O–H groups in total. The third-order valence-electron chi connectivity index (χ3n) is 2.43. The van der Waals surface area contributed by atoms with Crippen molar-refractivity contribution in [2.75, 3.05) is 11.1 Å².